The number of pyridine rings is 1. The zero-order chi connectivity index (χ0) is 15.7. The van der Waals surface area contributed by atoms with Crippen molar-refractivity contribution < 1.29 is 4.92 Å². The molecular formula is C17H13ClN2O2. The van der Waals surface area contributed by atoms with Crippen LogP contribution < -0.4 is 0 Å². The fraction of sp³-hybridized carbons (Fsp3) is 0.118. The molecule has 0 saturated carbocycles. The maximum atomic E-state index is 10.9. The van der Waals surface area contributed by atoms with Crippen molar-refractivity contribution in [2.24, 2.45) is 0 Å². The van der Waals surface area contributed by atoms with Gasteiger partial charge in [-0.3, -0.25) is 15.1 Å². The van der Waals surface area contributed by atoms with E-state index in [2.05, 4.69) is 4.98 Å². The summed E-state index contributed by atoms with van der Waals surface area (Å²) in [7, 11) is 0. The number of hydrogen-bond acceptors (Lipinski definition) is 3. The van der Waals surface area contributed by atoms with Crippen LogP contribution in [0.15, 0.2) is 48.7 Å². The molecule has 0 aliphatic heterocycles. The van der Waals surface area contributed by atoms with Crippen molar-refractivity contribution in [2.45, 2.75) is 13.3 Å². The van der Waals surface area contributed by atoms with Crippen LogP contribution in [0.3, 0.4) is 0 Å². The van der Waals surface area contributed by atoms with E-state index in [9.17, 15) is 10.1 Å². The van der Waals surface area contributed by atoms with E-state index in [0.717, 1.165) is 27.6 Å². The second-order valence-electron chi connectivity index (χ2n) is 5.18. The lowest BCUT2D eigenvalue weighted by atomic mass is 10.0. The Morgan fingerprint density at radius 1 is 1.18 bits per heavy atom. The molecule has 1 aromatic heterocycles. The number of non-ortho nitro benzene ring substituents is 1. The van der Waals surface area contributed by atoms with Gasteiger partial charge in [-0.25, -0.2) is 0 Å². The molecule has 4 nitrogen and oxygen atoms in total. The van der Waals surface area contributed by atoms with Crippen molar-refractivity contribution in [3.8, 4) is 0 Å². The molecule has 22 heavy (non-hydrogen) atoms. The Balaban J connectivity index is 1.99. The highest BCUT2D eigenvalue weighted by molar-refractivity contribution is 6.31. The van der Waals surface area contributed by atoms with Gasteiger partial charge < -0.3 is 0 Å². The van der Waals surface area contributed by atoms with Gasteiger partial charge in [-0.2, -0.15) is 0 Å². The van der Waals surface area contributed by atoms with Crippen molar-refractivity contribution in [3.63, 3.8) is 0 Å². The van der Waals surface area contributed by atoms with Gasteiger partial charge in [-0.15, -0.1) is 0 Å². The highest BCUT2D eigenvalue weighted by atomic mass is 35.5. The number of aromatic nitrogens is 1. The number of nitro benzene ring substituents is 1. The van der Waals surface area contributed by atoms with Gasteiger partial charge in [0, 0.05) is 35.8 Å². The molecule has 1 heterocycles. The van der Waals surface area contributed by atoms with E-state index in [1.54, 1.807) is 6.07 Å². The third-order valence-electron chi connectivity index (χ3n) is 3.66. The summed E-state index contributed by atoms with van der Waals surface area (Å²) in [4.78, 5) is 14.9. The summed E-state index contributed by atoms with van der Waals surface area (Å²) < 4.78 is 0. The van der Waals surface area contributed by atoms with Crippen LogP contribution in [0.2, 0.25) is 5.02 Å². The second-order valence-corrected chi connectivity index (χ2v) is 5.59. The van der Waals surface area contributed by atoms with Crippen LogP contribution in [0.4, 0.5) is 5.69 Å². The first-order valence-corrected chi connectivity index (χ1v) is 7.19. The topological polar surface area (TPSA) is 56.0 Å². The minimum Gasteiger partial charge on any atom is -0.260 e. The monoisotopic (exact) mass is 312 g/mol. The van der Waals surface area contributed by atoms with Crippen LogP contribution in [0.5, 0.6) is 0 Å². The summed E-state index contributed by atoms with van der Waals surface area (Å²) in [6.45, 7) is 1.83. The van der Waals surface area contributed by atoms with Crippen LogP contribution in [0.1, 0.15) is 16.8 Å². The standard InChI is InChI=1S/C17H13ClN2O2/c1-11-6-15(20(21)22)9-17(18)16(11)8-14-7-12-4-2-3-5-13(12)10-19-14/h2-7,9-10H,8H2,1H3. The predicted octanol–water partition coefficient (Wildman–Crippen LogP) is 4.70. The molecule has 0 spiro atoms. The maximum absolute atomic E-state index is 10.9. The van der Waals surface area contributed by atoms with Crippen molar-refractivity contribution in [1.29, 1.82) is 0 Å². The Morgan fingerprint density at radius 2 is 1.91 bits per heavy atom. The summed E-state index contributed by atoms with van der Waals surface area (Å²) in [5.74, 6) is 0. The smallest absolute Gasteiger partial charge is 0.260 e. The predicted molar refractivity (Wildman–Crippen MR) is 87.4 cm³/mol. The van der Waals surface area contributed by atoms with Crippen LogP contribution >= 0.6 is 11.6 Å². The molecule has 3 rings (SSSR count). The molecule has 110 valence electrons. The summed E-state index contributed by atoms with van der Waals surface area (Å²) in [5, 5.41) is 13.5. The van der Waals surface area contributed by atoms with Crippen LogP contribution in [-0.4, -0.2) is 9.91 Å². The first kappa shape index (κ1) is 14.5. The lowest BCUT2D eigenvalue weighted by Gasteiger charge is -2.09. The van der Waals surface area contributed by atoms with Gasteiger partial charge in [0.1, 0.15) is 0 Å². The van der Waals surface area contributed by atoms with Crippen LogP contribution in [0.25, 0.3) is 10.8 Å². The molecule has 0 bridgehead atoms. The fourth-order valence-corrected chi connectivity index (χ4v) is 2.82. The summed E-state index contributed by atoms with van der Waals surface area (Å²) in [5.41, 5.74) is 2.57. The average molecular weight is 313 g/mol. The van der Waals surface area contributed by atoms with Crippen molar-refractivity contribution in [2.75, 3.05) is 0 Å². The van der Waals surface area contributed by atoms with Gasteiger partial charge >= 0.3 is 0 Å². The highest BCUT2D eigenvalue weighted by Gasteiger charge is 2.14. The normalized spacial score (nSPS) is 10.8. The molecule has 2 aromatic carbocycles. The van der Waals surface area contributed by atoms with Gasteiger partial charge in [-0.1, -0.05) is 35.9 Å². The highest BCUT2D eigenvalue weighted by Crippen LogP contribution is 2.28. The van der Waals surface area contributed by atoms with Crippen molar-refractivity contribution >= 4 is 28.1 Å². The first-order valence-electron chi connectivity index (χ1n) is 6.81. The van der Waals surface area contributed by atoms with E-state index < -0.39 is 4.92 Å². The van der Waals surface area contributed by atoms with E-state index >= 15 is 0 Å². The Hall–Kier alpha value is -2.46. The molecule has 0 unspecified atom stereocenters. The number of hydrogen-bond donors (Lipinski definition) is 0. The molecular weight excluding hydrogens is 300 g/mol. The largest absolute Gasteiger partial charge is 0.271 e. The zero-order valence-corrected chi connectivity index (χ0v) is 12.7. The van der Waals surface area contributed by atoms with Gasteiger partial charge in [0.15, 0.2) is 0 Å². The number of aryl methyl sites for hydroxylation is 1. The average Bonchev–Trinajstić information content (AvgIpc) is 2.50. The second kappa shape index (κ2) is 5.73. The molecule has 5 heteroatoms. The van der Waals surface area contributed by atoms with Crippen molar-refractivity contribution in [1.82, 2.24) is 4.98 Å². The number of fused-ring (bicyclic) bond motifs is 1. The SMILES string of the molecule is Cc1cc([N+](=O)[O-])cc(Cl)c1Cc1cc2ccccc2cn1. The molecule has 0 atom stereocenters. The molecule has 3 aromatic rings. The number of halogens is 1. The molecule has 0 aliphatic carbocycles. The zero-order valence-electron chi connectivity index (χ0n) is 11.9. The molecule has 0 fully saturated rings. The lowest BCUT2D eigenvalue weighted by Crippen LogP contribution is -1.98. The Kier molecular flexibility index (Phi) is 3.77. The Morgan fingerprint density at radius 3 is 2.59 bits per heavy atom. The molecule has 0 amide bonds. The number of benzene rings is 2. The third-order valence-corrected chi connectivity index (χ3v) is 4.00. The molecule has 0 saturated heterocycles. The first-order chi connectivity index (χ1) is 10.5. The summed E-state index contributed by atoms with van der Waals surface area (Å²) in [6, 6.07) is 13.0. The quantitative estimate of drug-likeness (QED) is 0.520. The van der Waals surface area contributed by atoms with Crippen molar-refractivity contribution in [3.05, 3.63) is 80.6 Å². The maximum Gasteiger partial charge on any atom is 0.271 e. The summed E-state index contributed by atoms with van der Waals surface area (Å²) in [6.07, 6.45) is 2.38. The lowest BCUT2D eigenvalue weighted by molar-refractivity contribution is -0.384. The number of nitro groups is 1. The van der Waals surface area contributed by atoms with Gasteiger partial charge in [-0.05, 0) is 29.5 Å². The van der Waals surface area contributed by atoms with Gasteiger partial charge in [0.25, 0.3) is 5.69 Å². The van der Waals surface area contributed by atoms with E-state index in [4.69, 9.17) is 11.6 Å². The van der Waals surface area contributed by atoms with E-state index in [1.807, 2.05) is 43.5 Å². The number of rotatable bonds is 3. The van der Waals surface area contributed by atoms with Gasteiger partial charge in [0.2, 0.25) is 0 Å². The van der Waals surface area contributed by atoms with Crippen LogP contribution in [-0.2, 0) is 6.42 Å². The fourth-order valence-electron chi connectivity index (χ4n) is 2.49. The van der Waals surface area contributed by atoms with E-state index in [1.165, 1.54) is 6.07 Å². The van der Waals surface area contributed by atoms with E-state index in [0.29, 0.717) is 11.4 Å². The number of nitrogens with zero attached hydrogens (tertiary/aromatic N) is 2. The summed E-state index contributed by atoms with van der Waals surface area (Å²) >= 11 is 6.21. The minimum atomic E-state index is -0.434. The van der Waals surface area contributed by atoms with Crippen LogP contribution in [0, 0.1) is 17.0 Å². The molecule has 0 radical (unpaired) electrons. The van der Waals surface area contributed by atoms with Gasteiger partial charge in [0.05, 0.1) is 9.95 Å². The minimum absolute atomic E-state index is 0.0118. The Bertz CT molecular complexity index is 854. The molecule has 0 aliphatic rings. The Labute approximate surface area is 132 Å². The third kappa shape index (κ3) is 2.78. The van der Waals surface area contributed by atoms with E-state index in [-0.39, 0.29) is 5.69 Å². The molecule has 0 N–H and O–H groups in total.